The first-order valence-corrected chi connectivity index (χ1v) is 9.55. The van der Waals surface area contributed by atoms with Gasteiger partial charge in [-0.05, 0) is 47.9 Å². The summed E-state index contributed by atoms with van der Waals surface area (Å²) in [5, 5.41) is 0. The van der Waals surface area contributed by atoms with Gasteiger partial charge < -0.3 is 14.2 Å². The molecule has 0 bridgehead atoms. The van der Waals surface area contributed by atoms with Gasteiger partial charge in [0.05, 0.1) is 17.9 Å². The van der Waals surface area contributed by atoms with E-state index >= 15 is 0 Å². The number of ether oxygens (including phenoxy) is 3. The van der Waals surface area contributed by atoms with Crippen molar-refractivity contribution in [2.75, 3.05) is 21.3 Å². The van der Waals surface area contributed by atoms with E-state index in [1.807, 2.05) is 14.2 Å². The van der Waals surface area contributed by atoms with Crippen molar-refractivity contribution in [1.82, 2.24) is 0 Å². The van der Waals surface area contributed by atoms with Gasteiger partial charge in [0.2, 0.25) is 0 Å². The summed E-state index contributed by atoms with van der Waals surface area (Å²) >= 11 is 0. The van der Waals surface area contributed by atoms with Crippen LogP contribution >= 0.6 is 0 Å². The van der Waals surface area contributed by atoms with Gasteiger partial charge in [-0.15, -0.1) is 0 Å². The predicted molar refractivity (Wildman–Crippen MR) is 100 cm³/mol. The molecule has 0 radical (unpaired) electrons. The van der Waals surface area contributed by atoms with E-state index in [2.05, 4.69) is 54.6 Å². The Hall–Kier alpha value is -1.84. The van der Waals surface area contributed by atoms with E-state index < -0.39 is 5.79 Å². The third kappa shape index (κ3) is 1.43. The largest absolute Gasteiger partial charge is 0.497 e. The molecule has 0 heterocycles. The highest BCUT2D eigenvalue weighted by atomic mass is 16.7. The van der Waals surface area contributed by atoms with Crippen LogP contribution in [0, 0.1) is 11.8 Å². The average molecular weight is 350 g/mol. The minimum Gasteiger partial charge on any atom is -0.497 e. The van der Waals surface area contributed by atoms with Crippen LogP contribution in [0.1, 0.15) is 30.4 Å². The summed E-state index contributed by atoms with van der Waals surface area (Å²) in [5.74, 6) is 1.52. The van der Waals surface area contributed by atoms with E-state index in [9.17, 15) is 0 Å². The zero-order valence-electron chi connectivity index (χ0n) is 15.7. The van der Waals surface area contributed by atoms with Gasteiger partial charge in [0.1, 0.15) is 5.75 Å². The Morgan fingerprint density at radius 2 is 1.27 bits per heavy atom. The molecule has 4 atom stereocenters. The van der Waals surface area contributed by atoms with Crippen LogP contribution in [0.15, 0.2) is 54.6 Å². The Labute approximate surface area is 155 Å². The van der Waals surface area contributed by atoms with Crippen molar-refractivity contribution in [1.29, 1.82) is 0 Å². The lowest BCUT2D eigenvalue weighted by molar-refractivity contribution is -0.152. The Kier molecular flexibility index (Phi) is 3.35. The number of benzene rings is 2. The Morgan fingerprint density at radius 1 is 0.731 bits per heavy atom. The van der Waals surface area contributed by atoms with Crippen molar-refractivity contribution in [3.8, 4) is 5.75 Å². The molecule has 0 spiro atoms. The van der Waals surface area contributed by atoms with Crippen LogP contribution in [-0.4, -0.2) is 27.1 Å². The van der Waals surface area contributed by atoms with Crippen LogP contribution in [0.25, 0.3) is 0 Å². The fourth-order valence-electron chi connectivity index (χ4n) is 7.07. The second-order valence-corrected chi connectivity index (χ2v) is 7.88. The van der Waals surface area contributed by atoms with Gasteiger partial charge in [-0.25, -0.2) is 0 Å². The quantitative estimate of drug-likeness (QED) is 0.753. The number of methoxy groups -OCH3 is 3. The molecule has 3 heteroatoms. The SMILES string of the molecule is COc1ccc([C@]23[C@@H]4CCC[C@@H]4[C@@]2(c2ccccc2)C3(OC)OC)cc1. The number of hydrogen-bond acceptors (Lipinski definition) is 3. The van der Waals surface area contributed by atoms with Crippen LogP contribution in [-0.2, 0) is 20.3 Å². The first-order chi connectivity index (χ1) is 12.7. The van der Waals surface area contributed by atoms with Gasteiger partial charge in [-0.1, -0.05) is 48.9 Å². The standard InChI is InChI=1S/C23H26O3/c1-24-18-14-12-17(13-15-18)22-20-11-7-10-19(20)21(22,23(22,25-2)26-3)16-8-5-4-6-9-16/h4-6,8-9,12-15,19-20H,7,10-11H2,1-3H3/t19-,20+,21+,22-/m0/s1. The van der Waals surface area contributed by atoms with E-state index in [4.69, 9.17) is 14.2 Å². The number of hydrogen-bond donors (Lipinski definition) is 0. The first kappa shape index (κ1) is 16.3. The highest BCUT2D eigenvalue weighted by molar-refractivity contribution is 5.66. The lowest BCUT2D eigenvalue weighted by Crippen LogP contribution is -2.49. The summed E-state index contributed by atoms with van der Waals surface area (Å²) in [5.41, 5.74) is 2.45. The molecule has 5 rings (SSSR count). The van der Waals surface area contributed by atoms with Gasteiger partial charge in [-0.2, -0.15) is 0 Å². The van der Waals surface area contributed by atoms with Crippen molar-refractivity contribution in [3.05, 3.63) is 65.7 Å². The molecule has 3 aliphatic rings. The van der Waals surface area contributed by atoms with Gasteiger partial charge >= 0.3 is 0 Å². The van der Waals surface area contributed by atoms with E-state index in [1.54, 1.807) is 7.11 Å². The summed E-state index contributed by atoms with van der Waals surface area (Å²) < 4.78 is 17.9. The maximum Gasteiger partial charge on any atom is 0.189 e. The van der Waals surface area contributed by atoms with Crippen LogP contribution in [0.2, 0.25) is 0 Å². The fourth-order valence-corrected chi connectivity index (χ4v) is 7.07. The van der Waals surface area contributed by atoms with E-state index in [-0.39, 0.29) is 10.8 Å². The topological polar surface area (TPSA) is 27.7 Å². The minimum absolute atomic E-state index is 0.0967. The number of fused-ring (bicyclic) bond motifs is 4. The first-order valence-electron chi connectivity index (χ1n) is 9.55. The maximum absolute atomic E-state index is 6.24. The van der Waals surface area contributed by atoms with E-state index in [0.29, 0.717) is 11.8 Å². The smallest absolute Gasteiger partial charge is 0.189 e. The molecule has 0 aliphatic heterocycles. The monoisotopic (exact) mass is 350 g/mol. The molecule has 0 aromatic heterocycles. The highest BCUT2D eigenvalue weighted by Gasteiger charge is 3.01. The average Bonchev–Trinajstić information content (AvgIpc) is 2.90. The van der Waals surface area contributed by atoms with Crippen LogP contribution in [0.5, 0.6) is 5.75 Å². The molecule has 136 valence electrons. The second-order valence-electron chi connectivity index (χ2n) is 7.88. The zero-order valence-corrected chi connectivity index (χ0v) is 15.7. The third-order valence-corrected chi connectivity index (χ3v) is 7.58. The highest BCUT2D eigenvalue weighted by Crippen LogP contribution is 2.92. The molecule has 2 aromatic rings. The van der Waals surface area contributed by atoms with Gasteiger partial charge in [0, 0.05) is 14.2 Å². The maximum atomic E-state index is 6.24. The molecule has 3 saturated carbocycles. The molecule has 3 nitrogen and oxygen atoms in total. The molecule has 2 aromatic carbocycles. The summed E-state index contributed by atoms with van der Waals surface area (Å²) in [6, 6.07) is 19.4. The molecule has 0 amide bonds. The molecule has 0 N–H and O–H groups in total. The summed E-state index contributed by atoms with van der Waals surface area (Å²) in [4.78, 5) is 0. The van der Waals surface area contributed by atoms with Crippen molar-refractivity contribution in [2.45, 2.75) is 35.9 Å². The van der Waals surface area contributed by atoms with Crippen molar-refractivity contribution >= 4 is 0 Å². The van der Waals surface area contributed by atoms with Crippen LogP contribution < -0.4 is 4.74 Å². The normalized spacial score (nSPS) is 36.0. The van der Waals surface area contributed by atoms with Crippen LogP contribution in [0.4, 0.5) is 0 Å². The van der Waals surface area contributed by atoms with Crippen molar-refractivity contribution < 1.29 is 14.2 Å². The molecule has 3 fully saturated rings. The third-order valence-electron chi connectivity index (χ3n) is 7.58. The molecule has 26 heavy (non-hydrogen) atoms. The Balaban J connectivity index is 1.75. The van der Waals surface area contributed by atoms with Crippen molar-refractivity contribution in [2.24, 2.45) is 11.8 Å². The van der Waals surface area contributed by atoms with Gasteiger partial charge in [0.25, 0.3) is 0 Å². The second kappa shape index (κ2) is 5.34. The fraction of sp³-hybridized carbons (Fsp3) is 0.478. The minimum atomic E-state index is -0.592. The van der Waals surface area contributed by atoms with E-state index in [0.717, 1.165) is 5.75 Å². The Bertz CT molecular complexity index is 811. The summed E-state index contributed by atoms with van der Waals surface area (Å²) in [6.45, 7) is 0. The summed E-state index contributed by atoms with van der Waals surface area (Å²) in [7, 11) is 5.34. The predicted octanol–water partition coefficient (Wildman–Crippen LogP) is 4.30. The summed E-state index contributed by atoms with van der Waals surface area (Å²) in [6.07, 6.45) is 3.80. The van der Waals surface area contributed by atoms with E-state index in [1.165, 1.54) is 30.4 Å². The lowest BCUT2D eigenvalue weighted by Gasteiger charge is -2.46. The molecular weight excluding hydrogens is 324 g/mol. The molecule has 0 saturated heterocycles. The molecular formula is C23H26O3. The van der Waals surface area contributed by atoms with Gasteiger partial charge in [-0.3, -0.25) is 0 Å². The number of rotatable bonds is 5. The van der Waals surface area contributed by atoms with Crippen molar-refractivity contribution in [3.63, 3.8) is 0 Å². The molecule has 3 aliphatic carbocycles. The Morgan fingerprint density at radius 3 is 1.77 bits per heavy atom. The zero-order chi connectivity index (χ0) is 18.0. The van der Waals surface area contributed by atoms with Crippen LogP contribution in [0.3, 0.4) is 0 Å². The van der Waals surface area contributed by atoms with Gasteiger partial charge in [0.15, 0.2) is 5.79 Å². The lowest BCUT2D eigenvalue weighted by atomic mass is 9.54. The molecule has 0 unspecified atom stereocenters.